The highest BCUT2D eigenvalue weighted by atomic mass is 32.2. The van der Waals surface area contributed by atoms with Crippen molar-refractivity contribution in [1.82, 2.24) is 35.2 Å². The quantitative estimate of drug-likeness (QED) is 0.416. The minimum Gasteiger partial charge on any atom is -0.352 e. The van der Waals surface area contributed by atoms with E-state index in [1.165, 1.54) is 0 Å². The predicted octanol–water partition coefficient (Wildman–Crippen LogP) is 2.70. The Balaban J connectivity index is 1.55. The molecule has 0 fully saturated rings. The zero-order chi connectivity index (χ0) is 23.4. The molecule has 2 aromatic carbocycles. The number of hydrogen-bond acceptors (Lipinski definition) is 6. The molecule has 0 aliphatic heterocycles. The molecular formula is C23H25N7O2S. The van der Waals surface area contributed by atoms with Crippen LogP contribution in [0.4, 0.5) is 0 Å². The summed E-state index contributed by atoms with van der Waals surface area (Å²) >= 11 is 1.57. The van der Waals surface area contributed by atoms with Gasteiger partial charge in [0.1, 0.15) is 5.82 Å². The molecule has 170 valence electrons. The number of nitrogens with zero attached hydrogens (tertiary/aromatic N) is 5. The monoisotopic (exact) mass is 463 g/mol. The van der Waals surface area contributed by atoms with E-state index in [4.69, 9.17) is 0 Å². The first-order valence-electron chi connectivity index (χ1n) is 10.5. The van der Waals surface area contributed by atoms with Crippen molar-refractivity contribution in [3.05, 3.63) is 71.3 Å². The summed E-state index contributed by atoms with van der Waals surface area (Å²) in [4.78, 5) is 29.6. The molecule has 9 nitrogen and oxygen atoms in total. The van der Waals surface area contributed by atoms with Gasteiger partial charge in [-0.05, 0) is 49.6 Å². The Labute approximate surface area is 195 Å². The van der Waals surface area contributed by atoms with Crippen molar-refractivity contribution in [2.75, 3.05) is 12.8 Å². The lowest BCUT2D eigenvalue weighted by Gasteiger charge is -2.09. The van der Waals surface area contributed by atoms with E-state index < -0.39 is 0 Å². The van der Waals surface area contributed by atoms with E-state index in [0.717, 1.165) is 22.5 Å². The van der Waals surface area contributed by atoms with Crippen LogP contribution >= 0.6 is 11.8 Å². The van der Waals surface area contributed by atoms with Gasteiger partial charge in [-0.3, -0.25) is 9.59 Å². The summed E-state index contributed by atoms with van der Waals surface area (Å²) in [6, 6.07) is 14.9. The van der Waals surface area contributed by atoms with Crippen molar-refractivity contribution in [2.45, 2.75) is 19.2 Å². The molecule has 2 aromatic heterocycles. The molecule has 0 atom stereocenters. The predicted molar refractivity (Wildman–Crippen MR) is 128 cm³/mol. The third-order valence-corrected chi connectivity index (χ3v) is 5.82. The van der Waals surface area contributed by atoms with E-state index in [9.17, 15) is 9.59 Å². The number of amides is 2. The van der Waals surface area contributed by atoms with Crippen molar-refractivity contribution in [3.8, 4) is 5.69 Å². The fourth-order valence-corrected chi connectivity index (χ4v) is 4.10. The van der Waals surface area contributed by atoms with Gasteiger partial charge in [-0.2, -0.15) is 11.8 Å². The van der Waals surface area contributed by atoms with Gasteiger partial charge in [0.2, 0.25) is 0 Å². The molecule has 4 rings (SSSR count). The third-order valence-electron chi connectivity index (χ3n) is 5.26. The van der Waals surface area contributed by atoms with Gasteiger partial charge in [-0.1, -0.05) is 17.3 Å². The molecule has 0 radical (unpaired) electrons. The lowest BCUT2D eigenvalue weighted by atomic mass is 10.2. The van der Waals surface area contributed by atoms with Crippen LogP contribution in [-0.4, -0.2) is 49.2 Å². The van der Waals surface area contributed by atoms with Gasteiger partial charge in [-0.25, -0.2) is 9.67 Å². The number of rotatable bonds is 8. The standard InChI is InChI=1S/C23H25N7O2S/c1-4-24-22(31)15-9-11-16(12-10-15)30-19(14-33-3)21(27-28-30)23(32)25-13-20-26-17-7-5-6-8-18(17)29(20)2/h5-12H,4,13-14H2,1-3H3,(H,24,31)(H,25,32). The van der Waals surface area contributed by atoms with Gasteiger partial charge < -0.3 is 15.2 Å². The first kappa shape index (κ1) is 22.5. The first-order valence-corrected chi connectivity index (χ1v) is 11.9. The average molecular weight is 464 g/mol. The Morgan fingerprint density at radius 2 is 1.79 bits per heavy atom. The smallest absolute Gasteiger partial charge is 0.274 e. The number of carbonyl (C=O) groups excluding carboxylic acids is 2. The van der Waals surface area contributed by atoms with Crippen LogP contribution in [0.2, 0.25) is 0 Å². The van der Waals surface area contributed by atoms with Crippen LogP contribution in [0.25, 0.3) is 16.7 Å². The summed E-state index contributed by atoms with van der Waals surface area (Å²) in [7, 11) is 1.93. The van der Waals surface area contributed by atoms with E-state index in [1.807, 2.05) is 49.1 Å². The lowest BCUT2D eigenvalue weighted by Crippen LogP contribution is -2.26. The van der Waals surface area contributed by atoms with Crippen molar-refractivity contribution in [1.29, 1.82) is 0 Å². The fraction of sp³-hybridized carbons (Fsp3) is 0.261. The van der Waals surface area contributed by atoms with Crippen molar-refractivity contribution < 1.29 is 9.59 Å². The van der Waals surface area contributed by atoms with Crippen molar-refractivity contribution >= 4 is 34.6 Å². The Morgan fingerprint density at radius 3 is 2.48 bits per heavy atom. The van der Waals surface area contributed by atoms with Crippen LogP contribution in [0.3, 0.4) is 0 Å². The second-order valence-electron chi connectivity index (χ2n) is 7.39. The largest absolute Gasteiger partial charge is 0.352 e. The summed E-state index contributed by atoms with van der Waals surface area (Å²) in [6.07, 6.45) is 1.96. The SMILES string of the molecule is CCNC(=O)c1ccc(-n2nnc(C(=O)NCc3nc4ccccc4n3C)c2CSC)cc1. The van der Waals surface area contributed by atoms with E-state index in [-0.39, 0.29) is 24.1 Å². The molecule has 2 heterocycles. The minimum atomic E-state index is -0.309. The topological polar surface area (TPSA) is 107 Å². The normalized spacial score (nSPS) is 11.0. The molecule has 0 aliphatic carbocycles. The van der Waals surface area contributed by atoms with Crippen LogP contribution in [0.5, 0.6) is 0 Å². The van der Waals surface area contributed by atoms with E-state index in [0.29, 0.717) is 23.6 Å². The minimum absolute atomic E-state index is 0.131. The number of carbonyl (C=O) groups is 2. The highest BCUT2D eigenvalue weighted by Gasteiger charge is 2.21. The maximum atomic E-state index is 13.0. The average Bonchev–Trinajstić information content (AvgIpc) is 3.39. The Kier molecular flexibility index (Phi) is 6.74. The Hall–Kier alpha value is -3.66. The second-order valence-corrected chi connectivity index (χ2v) is 8.26. The molecule has 0 spiro atoms. The van der Waals surface area contributed by atoms with Crippen LogP contribution in [0, 0.1) is 0 Å². The molecule has 0 bridgehead atoms. The lowest BCUT2D eigenvalue weighted by molar-refractivity contribution is 0.0939. The number of para-hydroxylation sites is 2. The van der Waals surface area contributed by atoms with Gasteiger partial charge in [0.05, 0.1) is 29.0 Å². The second kappa shape index (κ2) is 9.86. The van der Waals surface area contributed by atoms with Crippen LogP contribution in [0.1, 0.15) is 39.3 Å². The molecule has 33 heavy (non-hydrogen) atoms. The number of fused-ring (bicyclic) bond motifs is 1. The molecule has 0 saturated heterocycles. The maximum Gasteiger partial charge on any atom is 0.274 e. The van der Waals surface area contributed by atoms with E-state index in [1.54, 1.807) is 40.7 Å². The Bertz CT molecular complexity index is 1290. The zero-order valence-electron chi connectivity index (χ0n) is 18.7. The van der Waals surface area contributed by atoms with E-state index >= 15 is 0 Å². The zero-order valence-corrected chi connectivity index (χ0v) is 19.5. The Morgan fingerprint density at radius 1 is 1.03 bits per heavy atom. The number of imidazole rings is 1. The van der Waals surface area contributed by atoms with Crippen LogP contribution in [0.15, 0.2) is 48.5 Å². The number of aryl methyl sites for hydroxylation is 1. The molecule has 10 heteroatoms. The van der Waals surface area contributed by atoms with Gasteiger partial charge in [0.15, 0.2) is 5.69 Å². The van der Waals surface area contributed by atoms with Crippen molar-refractivity contribution in [2.24, 2.45) is 7.05 Å². The molecule has 0 unspecified atom stereocenters. The molecule has 4 aromatic rings. The summed E-state index contributed by atoms with van der Waals surface area (Å²) in [5, 5.41) is 14.1. The van der Waals surface area contributed by atoms with Gasteiger partial charge in [0, 0.05) is 24.9 Å². The van der Waals surface area contributed by atoms with Crippen LogP contribution in [-0.2, 0) is 19.3 Å². The number of hydrogen-bond donors (Lipinski definition) is 2. The number of thioether (sulfide) groups is 1. The molecule has 2 amide bonds. The van der Waals surface area contributed by atoms with Crippen LogP contribution < -0.4 is 10.6 Å². The molecule has 0 aliphatic rings. The van der Waals surface area contributed by atoms with Gasteiger partial charge >= 0.3 is 0 Å². The summed E-state index contributed by atoms with van der Waals surface area (Å²) < 4.78 is 3.60. The highest BCUT2D eigenvalue weighted by Crippen LogP contribution is 2.19. The fourth-order valence-electron chi connectivity index (χ4n) is 3.56. The van der Waals surface area contributed by atoms with Gasteiger partial charge in [0.25, 0.3) is 11.8 Å². The molecule has 2 N–H and O–H groups in total. The first-order chi connectivity index (χ1) is 16.0. The maximum absolute atomic E-state index is 13.0. The highest BCUT2D eigenvalue weighted by molar-refractivity contribution is 7.97. The third kappa shape index (κ3) is 4.61. The number of aromatic nitrogens is 5. The van der Waals surface area contributed by atoms with Crippen molar-refractivity contribution in [3.63, 3.8) is 0 Å². The summed E-state index contributed by atoms with van der Waals surface area (Å²) in [6.45, 7) is 2.71. The van der Waals surface area contributed by atoms with Gasteiger partial charge in [-0.15, -0.1) is 5.10 Å². The summed E-state index contributed by atoms with van der Waals surface area (Å²) in [5.74, 6) is 0.870. The number of nitrogens with one attached hydrogen (secondary N) is 2. The summed E-state index contributed by atoms with van der Waals surface area (Å²) in [5.41, 5.74) is 4.15. The van der Waals surface area contributed by atoms with E-state index in [2.05, 4.69) is 25.9 Å². The number of benzene rings is 2. The molecule has 0 saturated carbocycles. The molecular weight excluding hydrogens is 438 g/mol.